The molecule has 7 nitrogen and oxygen atoms in total. The van der Waals surface area contributed by atoms with Crippen LogP contribution in [0.25, 0.3) is 0 Å². The summed E-state index contributed by atoms with van der Waals surface area (Å²) in [5.74, 6) is -0.741. The van der Waals surface area contributed by atoms with Crippen LogP contribution >= 0.6 is 0 Å². The van der Waals surface area contributed by atoms with E-state index in [-0.39, 0.29) is 18.6 Å². The fraction of sp³-hybridized carbons (Fsp3) is 0.318. The van der Waals surface area contributed by atoms with E-state index < -0.39 is 18.5 Å². The fourth-order valence-corrected chi connectivity index (χ4v) is 2.57. The number of ether oxygens (including phenoxy) is 2. The average Bonchev–Trinajstić information content (AvgIpc) is 3.51. The van der Waals surface area contributed by atoms with Crippen LogP contribution in [0.2, 0.25) is 0 Å². The summed E-state index contributed by atoms with van der Waals surface area (Å²) in [7, 11) is 0. The van der Waals surface area contributed by atoms with E-state index in [1.165, 1.54) is 0 Å². The Bertz CT molecular complexity index is 921. The first-order chi connectivity index (χ1) is 13.9. The van der Waals surface area contributed by atoms with Crippen molar-refractivity contribution in [1.29, 1.82) is 0 Å². The molecule has 2 amide bonds. The third-order valence-electron chi connectivity index (χ3n) is 4.52. The molecule has 29 heavy (non-hydrogen) atoms. The second kappa shape index (κ2) is 9.23. The van der Waals surface area contributed by atoms with Gasteiger partial charge in [-0.1, -0.05) is 12.1 Å². The Labute approximate surface area is 169 Å². The predicted octanol–water partition coefficient (Wildman–Crippen LogP) is 2.76. The first kappa shape index (κ1) is 20.4. The van der Waals surface area contributed by atoms with E-state index in [0.29, 0.717) is 17.0 Å². The van der Waals surface area contributed by atoms with Crippen LogP contribution in [0, 0.1) is 13.8 Å². The van der Waals surface area contributed by atoms with Gasteiger partial charge in [-0.25, -0.2) is 4.79 Å². The molecule has 0 aromatic heterocycles. The quantitative estimate of drug-likeness (QED) is 0.669. The molecule has 0 unspecified atom stereocenters. The zero-order chi connectivity index (χ0) is 20.8. The van der Waals surface area contributed by atoms with Crippen LogP contribution < -0.4 is 15.4 Å². The average molecular weight is 396 g/mol. The number of carbonyl (C=O) groups excluding carboxylic acids is 3. The van der Waals surface area contributed by atoms with Crippen molar-refractivity contribution in [3.05, 3.63) is 59.2 Å². The van der Waals surface area contributed by atoms with Crippen molar-refractivity contribution in [3.8, 4) is 5.75 Å². The van der Waals surface area contributed by atoms with Crippen molar-refractivity contribution in [2.75, 3.05) is 18.5 Å². The van der Waals surface area contributed by atoms with Gasteiger partial charge in [-0.3, -0.25) is 9.59 Å². The summed E-state index contributed by atoms with van der Waals surface area (Å²) < 4.78 is 10.3. The van der Waals surface area contributed by atoms with Crippen LogP contribution in [0.15, 0.2) is 42.5 Å². The molecule has 3 rings (SSSR count). The Hall–Kier alpha value is -3.35. The number of anilines is 1. The highest BCUT2D eigenvalue weighted by Crippen LogP contribution is 2.20. The summed E-state index contributed by atoms with van der Waals surface area (Å²) >= 11 is 0. The SMILES string of the molecule is Cc1ccc(OCC(=O)OCC(=O)Nc2cccc(C(=O)NC3CC3)c2)cc1C. The molecule has 1 fully saturated rings. The fourth-order valence-electron chi connectivity index (χ4n) is 2.57. The van der Waals surface area contributed by atoms with Gasteiger partial charge in [0.15, 0.2) is 13.2 Å². The van der Waals surface area contributed by atoms with Crippen LogP contribution in [-0.2, 0) is 14.3 Å². The number of nitrogens with one attached hydrogen (secondary N) is 2. The number of aryl methyl sites for hydroxylation is 2. The van der Waals surface area contributed by atoms with Crippen molar-refractivity contribution in [1.82, 2.24) is 5.32 Å². The Morgan fingerprint density at radius 1 is 1.00 bits per heavy atom. The van der Waals surface area contributed by atoms with Gasteiger partial charge in [0, 0.05) is 17.3 Å². The highest BCUT2D eigenvalue weighted by molar-refractivity contribution is 5.98. The molecule has 1 aliphatic carbocycles. The van der Waals surface area contributed by atoms with Crippen LogP contribution in [0.4, 0.5) is 5.69 Å². The summed E-state index contributed by atoms with van der Waals surface area (Å²) in [5, 5.41) is 5.50. The largest absolute Gasteiger partial charge is 0.482 e. The summed E-state index contributed by atoms with van der Waals surface area (Å²) in [6.45, 7) is 3.22. The zero-order valence-electron chi connectivity index (χ0n) is 16.5. The maximum Gasteiger partial charge on any atom is 0.344 e. The topological polar surface area (TPSA) is 93.7 Å². The monoisotopic (exact) mass is 396 g/mol. The van der Waals surface area contributed by atoms with Gasteiger partial charge in [-0.2, -0.15) is 0 Å². The molecule has 0 radical (unpaired) electrons. The maximum atomic E-state index is 12.1. The van der Waals surface area contributed by atoms with Crippen LogP contribution in [0.3, 0.4) is 0 Å². The number of hydrogen-bond donors (Lipinski definition) is 2. The summed E-state index contributed by atoms with van der Waals surface area (Å²) in [4.78, 5) is 35.9. The molecule has 1 aliphatic rings. The molecule has 0 heterocycles. The van der Waals surface area contributed by atoms with E-state index in [1.54, 1.807) is 30.3 Å². The molecule has 0 atom stereocenters. The lowest BCUT2D eigenvalue weighted by atomic mass is 10.1. The lowest BCUT2D eigenvalue weighted by Gasteiger charge is -2.10. The zero-order valence-corrected chi connectivity index (χ0v) is 16.5. The Kier molecular flexibility index (Phi) is 6.49. The van der Waals surface area contributed by atoms with E-state index >= 15 is 0 Å². The van der Waals surface area contributed by atoms with Gasteiger partial charge in [0.1, 0.15) is 5.75 Å². The molecule has 1 saturated carbocycles. The molecule has 2 N–H and O–H groups in total. The number of carbonyl (C=O) groups is 3. The molecule has 0 aliphatic heterocycles. The van der Waals surface area contributed by atoms with Crippen molar-refractivity contribution < 1.29 is 23.9 Å². The Balaban J connectivity index is 1.42. The summed E-state index contributed by atoms with van der Waals surface area (Å²) in [6.07, 6.45) is 2.00. The Morgan fingerprint density at radius 2 is 1.79 bits per heavy atom. The highest BCUT2D eigenvalue weighted by Gasteiger charge is 2.23. The van der Waals surface area contributed by atoms with E-state index in [9.17, 15) is 14.4 Å². The van der Waals surface area contributed by atoms with Crippen molar-refractivity contribution >= 4 is 23.5 Å². The number of rotatable bonds is 8. The standard InChI is InChI=1S/C22H24N2O5/c1-14-6-9-19(10-15(14)2)28-13-21(26)29-12-20(25)23-18-5-3-4-16(11-18)22(27)24-17-7-8-17/h3-6,9-11,17H,7-8,12-13H2,1-2H3,(H,23,25)(H,24,27). The van der Waals surface area contributed by atoms with Gasteiger partial charge in [0.25, 0.3) is 11.8 Å². The lowest BCUT2D eigenvalue weighted by molar-refractivity contribution is -0.149. The molecule has 152 valence electrons. The third kappa shape index (κ3) is 6.34. The second-order valence-electron chi connectivity index (χ2n) is 7.07. The van der Waals surface area contributed by atoms with Gasteiger partial charge in [-0.05, 0) is 68.1 Å². The van der Waals surface area contributed by atoms with Gasteiger partial charge in [0.05, 0.1) is 0 Å². The van der Waals surface area contributed by atoms with E-state index in [2.05, 4.69) is 10.6 Å². The molecule has 2 aromatic carbocycles. The van der Waals surface area contributed by atoms with Crippen molar-refractivity contribution in [2.45, 2.75) is 32.7 Å². The van der Waals surface area contributed by atoms with Gasteiger partial charge < -0.3 is 20.1 Å². The van der Waals surface area contributed by atoms with Crippen LogP contribution in [0.1, 0.15) is 34.3 Å². The van der Waals surface area contributed by atoms with Crippen molar-refractivity contribution in [2.24, 2.45) is 0 Å². The smallest absolute Gasteiger partial charge is 0.344 e. The molecular weight excluding hydrogens is 372 g/mol. The van der Waals surface area contributed by atoms with Gasteiger partial charge in [0.2, 0.25) is 0 Å². The Morgan fingerprint density at radius 3 is 2.52 bits per heavy atom. The molecule has 7 heteroatoms. The van der Waals surface area contributed by atoms with E-state index in [1.807, 2.05) is 26.0 Å². The molecule has 0 bridgehead atoms. The molecule has 0 saturated heterocycles. The molecular formula is C22H24N2O5. The minimum Gasteiger partial charge on any atom is -0.482 e. The summed E-state index contributed by atoms with van der Waals surface area (Å²) in [5.41, 5.74) is 3.11. The number of benzene rings is 2. The first-order valence-electron chi connectivity index (χ1n) is 9.47. The summed E-state index contributed by atoms with van der Waals surface area (Å²) in [6, 6.07) is 12.4. The minimum absolute atomic E-state index is 0.168. The highest BCUT2D eigenvalue weighted by atomic mass is 16.6. The maximum absolute atomic E-state index is 12.1. The van der Waals surface area contributed by atoms with E-state index in [4.69, 9.17) is 9.47 Å². The first-order valence-corrected chi connectivity index (χ1v) is 9.47. The minimum atomic E-state index is -0.643. The molecule has 0 spiro atoms. The van der Waals surface area contributed by atoms with Crippen LogP contribution in [-0.4, -0.2) is 37.0 Å². The second-order valence-corrected chi connectivity index (χ2v) is 7.07. The van der Waals surface area contributed by atoms with Gasteiger partial charge >= 0.3 is 5.97 Å². The number of esters is 1. The normalized spacial score (nSPS) is 12.8. The molecule has 2 aromatic rings. The number of hydrogen-bond acceptors (Lipinski definition) is 5. The van der Waals surface area contributed by atoms with Crippen molar-refractivity contribution in [3.63, 3.8) is 0 Å². The third-order valence-corrected chi connectivity index (χ3v) is 4.52. The van der Waals surface area contributed by atoms with Crippen LogP contribution in [0.5, 0.6) is 5.75 Å². The predicted molar refractivity (Wildman–Crippen MR) is 108 cm³/mol. The van der Waals surface area contributed by atoms with Gasteiger partial charge in [-0.15, -0.1) is 0 Å². The van der Waals surface area contributed by atoms with E-state index in [0.717, 1.165) is 24.0 Å². The lowest BCUT2D eigenvalue weighted by Crippen LogP contribution is -2.26. The number of amides is 2.